The molecule has 0 aromatic heterocycles. The van der Waals surface area contributed by atoms with Crippen molar-refractivity contribution in [2.24, 2.45) is 11.8 Å². The summed E-state index contributed by atoms with van der Waals surface area (Å²) in [6.45, 7) is 3.69. The number of carbonyl (C=O) groups is 2. The maximum atomic E-state index is 12.7. The van der Waals surface area contributed by atoms with E-state index in [1.807, 2.05) is 17.0 Å². The molecule has 146 valence electrons. The molecule has 3 aliphatic rings. The second kappa shape index (κ2) is 8.30. The third kappa shape index (κ3) is 4.80. The number of hydrogen-bond donors (Lipinski definition) is 1. The summed E-state index contributed by atoms with van der Waals surface area (Å²) in [5.41, 5.74) is 2.13. The highest BCUT2D eigenvalue weighted by Crippen LogP contribution is 2.28. The molecule has 2 fully saturated rings. The number of rotatable bonds is 6. The number of nitrogens with one attached hydrogen (secondary N) is 1. The summed E-state index contributed by atoms with van der Waals surface area (Å²) in [5, 5.41) is 3.01. The first-order chi connectivity index (χ1) is 13.2. The Kier molecular flexibility index (Phi) is 5.62. The van der Waals surface area contributed by atoms with Gasteiger partial charge >= 0.3 is 0 Å². The van der Waals surface area contributed by atoms with Gasteiger partial charge in [0.15, 0.2) is 0 Å². The molecule has 6 heteroatoms. The lowest BCUT2D eigenvalue weighted by molar-refractivity contribution is -0.136. The van der Waals surface area contributed by atoms with Crippen molar-refractivity contribution in [3.8, 4) is 5.75 Å². The molecule has 27 heavy (non-hydrogen) atoms. The Labute approximate surface area is 160 Å². The second-order valence-corrected chi connectivity index (χ2v) is 7.86. The summed E-state index contributed by atoms with van der Waals surface area (Å²) in [5.74, 6) is 1.80. The summed E-state index contributed by atoms with van der Waals surface area (Å²) in [6.07, 6.45) is 4.49. The van der Waals surface area contributed by atoms with Crippen LogP contribution >= 0.6 is 0 Å². The average Bonchev–Trinajstić information content (AvgIpc) is 3.40. The van der Waals surface area contributed by atoms with E-state index in [1.54, 1.807) is 0 Å². The molecule has 1 N–H and O–H groups in total. The molecule has 6 nitrogen and oxygen atoms in total. The number of hydrogen-bond acceptors (Lipinski definition) is 4. The van der Waals surface area contributed by atoms with E-state index in [0.29, 0.717) is 51.7 Å². The number of carbonyl (C=O) groups excluding carboxylic acids is 2. The molecule has 1 saturated carbocycles. The lowest BCUT2D eigenvalue weighted by Crippen LogP contribution is -2.37. The molecule has 1 aromatic carbocycles. The highest BCUT2D eigenvalue weighted by atomic mass is 16.5. The van der Waals surface area contributed by atoms with E-state index in [2.05, 4.69) is 11.4 Å². The molecular weight excluding hydrogens is 344 g/mol. The van der Waals surface area contributed by atoms with Crippen molar-refractivity contribution >= 4 is 11.8 Å². The van der Waals surface area contributed by atoms with E-state index in [1.165, 1.54) is 12.8 Å². The quantitative estimate of drug-likeness (QED) is 0.828. The van der Waals surface area contributed by atoms with Crippen LogP contribution in [-0.4, -0.2) is 49.6 Å². The monoisotopic (exact) mass is 372 g/mol. The fourth-order valence-corrected chi connectivity index (χ4v) is 3.71. The van der Waals surface area contributed by atoms with Crippen molar-refractivity contribution < 1.29 is 19.1 Å². The van der Waals surface area contributed by atoms with Crippen molar-refractivity contribution in [3.05, 3.63) is 29.3 Å². The SMILES string of the molecule is O=C(CCc1ccc2c(c1)CN(C(=O)C1CCOC1)CCO2)NCC1CC1. The van der Waals surface area contributed by atoms with Gasteiger partial charge in [0.1, 0.15) is 12.4 Å². The first-order valence-corrected chi connectivity index (χ1v) is 10.1. The fraction of sp³-hybridized carbons (Fsp3) is 0.619. The maximum absolute atomic E-state index is 12.7. The standard InChI is InChI=1S/C21H28N2O4/c24-20(22-12-16-1-2-16)6-4-15-3-5-19-18(11-15)13-23(8-10-27-19)21(25)17-7-9-26-14-17/h3,5,11,16-17H,1-2,4,6-10,12-14H2,(H,22,24). The Morgan fingerprint density at radius 1 is 1.19 bits per heavy atom. The molecule has 2 amide bonds. The van der Waals surface area contributed by atoms with E-state index in [9.17, 15) is 9.59 Å². The van der Waals surface area contributed by atoms with Crippen molar-refractivity contribution in [2.75, 3.05) is 32.9 Å². The number of aryl methyl sites for hydroxylation is 1. The van der Waals surface area contributed by atoms with Crippen molar-refractivity contribution in [2.45, 2.75) is 38.6 Å². The predicted octanol–water partition coefficient (Wildman–Crippen LogP) is 1.90. The molecule has 0 bridgehead atoms. The van der Waals surface area contributed by atoms with Crippen LogP contribution in [0.4, 0.5) is 0 Å². The van der Waals surface area contributed by atoms with Crippen LogP contribution in [0.15, 0.2) is 18.2 Å². The zero-order valence-corrected chi connectivity index (χ0v) is 15.7. The highest BCUT2D eigenvalue weighted by molar-refractivity contribution is 5.79. The second-order valence-electron chi connectivity index (χ2n) is 7.86. The molecule has 2 aliphatic heterocycles. The number of ether oxygens (including phenoxy) is 2. The normalized spacial score (nSPS) is 21.9. The van der Waals surface area contributed by atoms with Gasteiger partial charge in [0.2, 0.25) is 11.8 Å². The predicted molar refractivity (Wildman–Crippen MR) is 100 cm³/mol. The lowest BCUT2D eigenvalue weighted by atomic mass is 10.0. The number of benzene rings is 1. The third-order valence-corrected chi connectivity index (χ3v) is 5.62. The Hall–Kier alpha value is -2.08. The van der Waals surface area contributed by atoms with Gasteiger partial charge in [0.25, 0.3) is 0 Å². The van der Waals surface area contributed by atoms with Gasteiger partial charge in [-0.3, -0.25) is 9.59 Å². The summed E-state index contributed by atoms with van der Waals surface area (Å²) >= 11 is 0. The number of fused-ring (bicyclic) bond motifs is 1. The Bertz CT molecular complexity index is 695. The molecule has 1 aromatic rings. The fourth-order valence-electron chi connectivity index (χ4n) is 3.71. The molecule has 1 aliphatic carbocycles. The lowest BCUT2D eigenvalue weighted by Gasteiger charge is -2.22. The van der Waals surface area contributed by atoms with Gasteiger partial charge in [-0.05, 0) is 43.2 Å². The summed E-state index contributed by atoms with van der Waals surface area (Å²) in [4.78, 5) is 26.6. The maximum Gasteiger partial charge on any atom is 0.228 e. The molecular formula is C21H28N2O4. The largest absolute Gasteiger partial charge is 0.491 e. The first-order valence-electron chi connectivity index (χ1n) is 10.1. The van der Waals surface area contributed by atoms with Crippen LogP contribution in [0.25, 0.3) is 0 Å². The van der Waals surface area contributed by atoms with Crippen LogP contribution in [0, 0.1) is 11.8 Å². The molecule has 2 heterocycles. The van der Waals surface area contributed by atoms with Crippen molar-refractivity contribution in [3.63, 3.8) is 0 Å². The number of amides is 2. The minimum absolute atomic E-state index is 0.0232. The number of nitrogens with zero attached hydrogens (tertiary/aromatic N) is 1. The van der Waals surface area contributed by atoms with Crippen LogP contribution in [0.5, 0.6) is 5.75 Å². The van der Waals surface area contributed by atoms with Crippen LogP contribution < -0.4 is 10.1 Å². The van der Waals surface area contributed by atoms with Crippen LogP contribution in [0.1, 0.15) is 36.8 Å². The van der Waals surface area contributed by atoms with Gasteiger partial charge in [0.05, 0.1) is 19.1 Å². The topological polar surface area (TPSA) is 67.9 Å². The van der Waals surface area contributed by atoms with Crippen LogP contribution in [-0.2, 0) is 27.3 Å². The zero-order valence-electron chi connectivity index (χ0n) is 15.7. The molecule has 0 spiro atoms. The summed E-state index contributed by atoms with van der Waals surface area (Å²) in [6, 6.07) is 6.08. The van der Waals surface area contributed by atoms with Crippen molar-refractivity contribution in [1.82, 2.24) is 10.2 Å². The van der Waals surface area contributed by atoms with Gasteiger partial charge < -0.3 is 19.7 Å². The van der Waals surface area contributed by atoms with Crippen LogP contribution in [0.3, 0.4) is 0 Å². The average molecular weight is 372 g/mol. The molecule has 4 rings (SSSR count). The highest BCUT2D eigenvalue weighted by Gasteiger charge is 2.29. The van der Waals surface area contributed by atoms with Gasteiger partial charge in [-0.2, -0.15) is 0 Å². The van der Waals surface area contributed by atoms with E-state index >= 15 is 0 Å². The van der Waals surface area contributed by atoms with Gasteiger partial charge in [-0.1, -0.05) is 12.1 Å². The van der Waals surface area contributed by atoms with Gasteiger partial charge in [0, 0.05) is 31.7 Å². The van der Waals surface area contributed by atoms with E-state index < -0.39 is 0 Å². The summed E-state index contributed by atoms with van der Waals surface area (Å²) in [7, 11) is 0. The minimum atomic E-state index is -0.0232. The molecule has 1 saturated heterocycles. The molecule has 1 atom stereocenters. The van der Waals surface area contributed by atoms with Crippen molar-refractivity contribution in [1.29, 1.82) is 0 Å². The minimum Gasteiger partial charge on any atom is -0.491 e. The Morgan fingerprint density at radius 3 is 2.85 bits per heavy atom. The third-order valence-electron chi connectivity index (χ3n) is 5.62. The molecule has 0 radical (unpaired) electrons. The summed E-state index contributed by atoms with van der Waals surface area (Å²) < 4.78 is 11.2. The first kappa shape index (κ1) is 18.3. The Balaban J connectivity index is 1.36. The van der Waals surface area contributed by atoms with E-state index in [-0.39, 0.29) is 17.7 Å². The van der Waals surface area contributed by atoms with E-state index in [4.69, 9.17) is 9.47 Å². The molecule has 1 unspecified atom stereocenters. The van der Waals surface area contributed by atoms with Crippen LogP contribution in [0.2, 0.25) is 0 Å². The zero-order chi connectivity index (χ0) is 18.6. The van der Waals surface area contributed by atoms with Gasteiger partial charge in [-0.15, -0.1) is 0 Å². The van der Waals surface area contributed by atoms with Gasteiger partial charge in [-0.25, -0.2) is 0 Å². The van der Waals surface area contributed by atoms with E-state index in [0.717, 1.165) is 29.8 Å². The Morgan fingerprint density at radius 2 is 2.07 bits per heavy atom. The smallest absolute Gasteiger partial charge is 0.228 e.